The van der Waals surface area contributed by atoms with Gasteiger partial charge in [0.15, 0.2) is 0 Å². The number of hydrogen-bond donors (Lipinski definition) is 3. The van der Waals surface area contributed by atoms with Gasteiger partial charge in [-0.3, -0.25) is 4.79 Å². The number of sulfonamides is 1. The van der Waals surface area contributed by atoms with Gasteiger partial charge >= 0.3 is 13.1 Å². The zero-order valence-electron chi connectivity index (χ0n) is 14.5. The Kier molecular flexibility index (Phi) is 6.62. The summed E-state index contributed by atoms with van der Waals surface area (Å²) < 4.78 is 34.6. The maximum atomic E-state index is 12.0. The van der Waals surface area contributed by atoms with Gasteiger partial charge in [-0.25, -0.2) is 17.9 Å². The van der Waals surface area contributed by atoms with E-state index in [0.717, 1.165) is 6.26 Å². The minimum Gasteiger partial charge on any atom is -0.534 e. The lowest BCUT2D eigenvalue weighted by atomic mass is 9.72. The summed E-state index contributed by atoms with van der Waals surface area (Å²) in [6.45, 7) is 1.86. The van der Waals surface area contributed by atoms with Gasteiger partial charge in [0, 0.05) is 13.0 Å². The Balaban J connectivity index is 2.02. The highest BCUT2D eigenvalue weighted by atomic mass is 32.2. The first kappa shape index (κ1) is 20.2. The summed E-state index contributed by atoms with van der Waals surface area (Å²) in [5.74, 6) is -1.46. The van der Waals surface area contributed by atoms with Crippen molar-refractivity contribution in [1.29, 1.82) is 0 Å². The summed E-state index contributed by atoms with van der Waals surface area (Å²) in [5, 5.41) is 12.8. The molecule has 1 aromatic rings. The Morgan fingerprint density at radius 3 is 2.81 bits per heavy atom. The van der Waals surface area contributed by atoms with Crippen LogP contribution >= 0.6 is 0 Å². The molecule has 0 bridgehead atoms. The molecular formula is C15H21BN2O7S. The van der Waals surface area contributed by atoms with E-state index < -0.39 is 35.0 Å². The lowest BCUT2D eigenvalue weighted by Crippen LogP contribution is -2.53. The number of benzene rings is 1. The molecule has 1 heterocycles. The molecule has 1 aliphatic rings. The van der Waals surface area contributed by atoms with E-state index in [9.17, 15) is 23.0 Å². The first-order valence-electron chi connectivity index (χ1n) is 8.09. The van der Waals surface area contributed by atoms with Crippen molar-refractivity contribution in [3.8, 4) is 5.75 Å². The number of carbonyl (C=O) groups is 2. The maximum Gasteiger partial charge on any atom is 0.547 e. The van der Waals surface area contributed by atoms with Crippen LogP contribution in [0.5, 0.6) is 5.75 Å². The lowest BCUT2D eigenvalue weighted by molar-refractivity contribution is -0.121. The first-order valence-corrected chi connectivity index (χ1v) is 9.98. The molecule has 1 amide bonds. The minimum atomic E-state index is -3.37. The first-order chi connectivity index (χ1) is 12.2. The van der Waals surface area contributed by atoms with Crippen LogP contribution in [0.15, 0.2) is 18.2 Å². The highest BCUT2D eigenvalue weighted by molar-refractivity contribution is 7.88. The monoisotopic (exact) mass is 384 g/mol. The molecule has 0 aliphatic carbocycles. The van der Waals surface area contributed by atoms with Gasteiger partial charge in [-0.1, -0.05) is 12.1 Å². The molecule has 142 valence electrons. The van der Waals surface area contributed by atoms with Gasteiger partial charge < -0.3 is 19.7 Å². The Bertz CT molecular complexity index is 784. The van der Waals surface area contributed by atoms with Crippen LogP contribution in [0, 0.1) is 0 Å². The summed E-state index contributed by atoms with van der Waals surface area (Å²) >= 11 is 0. The summed E-state index contributed by atoms with van der Waals surface area (Å²) in [5.41, 5.74) is 0.867. The van der Waals surface area contributed by atoms with Crippen molar-refractivity contribution in [2.45, 2.75) is 25.7 Å². The Labute approximate surface area is 152 Å². The van der Waals surface area contributed by atoms with E-state index in [-0.39, 0.29) is 37.3 Å². The Hall–Kier alpha value is -2.11. The van der Waals surface area contributed by atoms with Gasteiger partial charge in [-0.05, 0) is 25.0 Å². The largest absolute Gasteiger partial charge is 0.547 e. The molecule has 0 fully saturated rings. The van der Waals surface area contributed by atoms with E-state index in [1.54, 1.807) is 25.1 Å². The van der Waals surface area contributed by atoms with Crippen molar-refractivity contribution in [3.63, 3.8) is 0 Å². The molecule has 11 heteroatoms. The predicted molar refractivity (Wildman–Crippen MR) is 94.1 cm³/mol. The number of ether oxygens (including phenoxy) is 1. The van der Waals surface area contributed by atoms with Gasteiger partial charge in [0.25, 0.3) is 0 Å². The van der Waals surface area contributed by atoms with Crippen LogP contribution in [0.1, 0.15) is 29.3 Å². The highest BCUT2D eigenvalue weighted by Gasteiger charge is 2.37. The van der Waals surface area contributed by atoms with Crippen LogP contribution in [-0.2, 0) is 26.0 Å². The quantitative estimate of drug-likeness (QED) is 0.416. The molecule has 0 saturated heterocycles. The molecule has 26 heavy (non-hydrogen) atoms. The van der Waals surface area contributed by atoms with Crippen LogP contribution < -0.4 is 14.7 Å². The fourth-order valence-electron chi connectivity index (χ4n) is 2.55. The van der Waals surface area contributed by atoms with Crippen molar-refractivity contribution in [2.75, 3.05) is 19.4 Å². The topological polar surface area (TPSA) is 131 Å². The number of hydrogen-bond acceptors (Lipinski definition) is 7. The molecule has 1 unspecified atom stereocenters. The van der Waals surface area contributed by atoms with Crippen LogP contribution in [-0.4, -0.2) is 57.8 Å². The van der Waals surface area contributed by atoms with Gasteiger partial charge in [0.2, 0.25) is 15.9 Å². The van der Waals surface area contributed by atoms with Gasteiger partial charge in [0.1, 0.15) is 11.3 Å². The molecule has 2 rings (SSSR count). The molecule has 0 saturated carbocycles. The van der Waals surface area contributed by atoms with E-state index in [1.807, 2.05) is 0 Å². The number of carbonyl (C=O) groups excluding carboxylic acids is 2. The summed E-state index contributed by atoms with van der Waals surface area (Å²) in [6.07, 6.45) is 1.18. The predicted octanol–water partition coefficient (Wildman–Crippen LogP) is -0.758. The number of para-hydroxylation sites is 1. The lowest BCUT2D eigenvalue weighted by Gasteiger charge is -2.29. The third kappa shape index (κ3) is 5.45. The number of rotatable bonds is 7. The van der Waals surface area contributed by atoms with Crippen molar-refractivity contribution in [2.24, 2.45) is 0 Å². The van der Waals surface area contributed by atoms with Gasteiger partial charge in [-0.2, -0.15) is 0 Å². The molecule has 3 N–H and O–H groups in total. The van der Waals surface area contributed by atoms with Gasteiger partial charge in [-0.15, -0.1) is 0 Å². The Morgan fingerprint density at radius 1 is 1.42 bits per heavy atom. The number of amides is 1. The van der Waals surface area contributed by atoms with Crippen LogP contribution in [0.25, 0.3) is 0 Å². The second-order valence-corrected chi connectivity index (χ2v) is 7.65. The highest BCUT2D eigenvalue weighted by Crippen LogP contribution is 2.30. The molecule has 0 aromatic heterocycles. The SMILES string of the molecule is CCOC(=O)c1cccc2c1OB(O)C(NC(=O)CCNS(C)(=O)=O)C2. The third-order valence-corrected chi connectivity index (χ3v) is 4.41. The molecule has 1 aliphatic heterocycles. The fraction of sp³-hybridized carbons (Fsp3) is 0.467. The zero-order chi connectivity index (χ0) is 19.3. The number of fused-ring (bicyclic) bond motifs is 1. The second-order valence-electron chi connectivity index (χ2n) is 5.82. The van der Waals surface area contributed by atoms with Crippen molar-refractivity contribution < 1.29 is 32.4 Å². The standard InChI is InChI=1S/C15H21BN2O7S/c1-3-24-15(20)11-6-4-5-10-9-12(16(21)25-14(10)11)18-13(19)7-8-17-26(2,22)23/h4-6,12,17,21H,3,7-9H2,1-2H3,(H,18,19). The average Bonchev–Trinajstić information content (AvgIpc) is 2.54. The normalized spacial score (nSPS) is 16.4. The Morgan fingerprint density at radius 2 is 2.15 bits per heavy atom. The number of nitrogens with one attached hydrogen (secondary N) is 2. The van der Waals surface area contributed by atoms with E-state index >= 15 is 0 Å². The molecule has 1 atom stereocenters. The van der Waals surface area contributed by atoms with E-state index in [2.05, 4.69) is 10.0 Å². The maximum absolute atomic E-state index is 12.0. The van der Waals surface area contributed by atoms with Crippen molar-refractivity contribution in [3.05, 3.63) is 29.3 Å². The van der Waals surface area contributed by atoms with E-state index in [1.165, 1.54) is 0 Å². The average molecular weight is 384 g/mol. The molecule has 9 nitrogen and oxygen atoms in total. The fourth-order valence-corrected chi connectivity index (χ4v) is 3.02. The molecule has 1 aromatic carbocycles. The number of esters is 1. The van der Waals surface area contributed by atoms with Crippen molar-refractivity contribution >= 4 is 29.0 Å². The van der Waals surface area contributed by atoms with Gasteiger partial charge in [0.05, 0.1) is 18.8 Å². The summed E-state index contributed by atoms with van der Waals surface area (Å²) in [6, 6.07) is 4.94. The second kappa shape index (κ2) is 8.52. The summed E-state index contributed by atoms with van der Waals surface area (Å²) in [7, 11) is -4.71. The molecule has 0 radical (unpaired) electrons. The van der Waals surface area contributed by atoms with E-state index in [0.29, 0.717) is 5.56 Å². The summed E-state index contributed by atoms with van der Waals surface area (Å²) in [4.78, 5) is 23.9. The smallest absolute Gasteiger partial charge is 0.534 e. The van der Waals surface area contributed by atoms with Crippen LogP contribution in [0.4, 0.5) is 0 Å². The van der Waals surface area contributed by atoms with Crippen LogP contribution in [0.3, 0.4) is 0 Å². The van der Waals surface area contributed by atoms with E-state index in [4.69, 9.17) is 9.39 Å². The minimum absolute atomic E-state index is 0.0437. The van der Waals surface area contributed by atoms with Crippen molar-refractivity contribution in [1.82, 2.24) is 10.0 Å². The molecule has 0 spiro atoms. The third-order valence-electron chi connectivity index (χ3n) is 3.68. The molecular weight excluding hydrogens is 363 g/mol. The zero-order valence-corrected chi connectivity index (χ0v) is 15.3. The van der Waals surface area contributed by atoms with Crippen LogP contribution in [0.2, 0.25) is 0 Å².